The third-order valence-electron chi connectivity index (χ3n) is 1.95. The van der Waals surface area contributed by atoms with Crippen LogP contribution in [0.5, 0.6) is 0 Å². The second-order valence-corrected chi connectivity index (χ2v) is 6.02. The monoisotopic (exact) mass is 364 g/mol. The van der Waals surface area contributed by atoms with Gasteiger partial charge in [0.05, 0.1) is 15.9 Å². The Morgan fingerprint density at radius 2 is 2.00 bits per heavy atom. The third kappa shape index (κ3) is 4.27. The van der Waals surface area contributed by atoms with E-state index in [9.17, 15) is 18.3 Å². The van der Waals surface area contributed by atoms with Gasteiger partial charge >= 0.3 is 51.4 Å². The van der Waals surface area contributed by atoms with E-state index in [0.29, 0.717) is 0 Å². The standard InChI is InChI=1S/C9H8BrClO4S.K/c1-16(14,15)7-3-2-5(9(12)13)8(11)6(7)4-10;/h2-3H,4H2,1H3,(H,12,13);/q;+1/p-1. The SMILES string of the molecule is CS(=O)(=O)c1ccc(C(=O)[O-])c(Cl)c1CBr.[K+]. The van der Waals surface area contributed by atoms with Crippen LogP contribution in [0.15, 0.2) is 17.0 Å². The van der Waals surface area contributed by atoms with Crippen LogP contribution in [0.3, 0.4) is 0 Å². The number of hydrogen-bond donors (Lipinski definition) is 0. The Bertz CT molecular complexity index is 544. The van der Waals surface area contributed by atoms with Crippen LogP contribution in [0.2, 0.25) is 5.02 Å². The minimum atomic E-state index is -3.44. The van der Waals surface area contributed by atoms with Crippen molar-refractivity contribution in [3.63, 3.8) is 0 Å². The predicted molar refractivity (Wildman–Crippen MR) is 61.5 cm³/mol. The van der Waals surface area contributed by atoms with Crippen LogP contribution in [0, 0.1) is 0 Å². The topological polar surface area (TPSA) is 74.3 Å². The number of hydrogen-bond acceptors (Lipinski definition) is 4. The van der Waals surface area contributed by atoms with Gasteiger partial charge in [-0.3, -0.25) is 0 Å². The largest absolute Gasteiger partial charge is 1.00 e. The number of halogens is 2. The molecule has 0 fully saturated rings. The molecule has 0 radical (unpaired) electrons. The molecule has 0 saturated heterocycles. The Kier molecular flexibility index (Phi) is 7.43. The molecule has 0 aromatic heterocycles. The van der Waals surface area contributed by atoms with Crippen molar-refractivity contribution in [3.8, 4) is 0 Å². The molecule has 17 heavy (non-hydrogen) atoms. The third-order valence-corrected chi connectivity index (χ3v) is 4.13. The number of aromatic carboxylic acids is 1. The van der Waals surface area contributed by atoms with Gasteiger partial charge in [0.25, 0.3) is 0 Å². The maximum atomic E-state index is 11.4. The average molecular weight is 366 g/mol. The first-order valence-corrected chi connectivity index (χ1v) is 7.47. The summed E-state index contributed by atoms with van der Waals surface area (Å²) in [6.07, 6.45) is 1.03. The van der Waals surface area contributed by atoms with Gasteiger partial charge < -0.3 is 9.90 Å². The van der Waals surface area contributed by atoms with Crippen molar-refractivity contribution in [1.29, 1.82) is 0 Å². The number of benzene rings is 1. The van der Waals surface area contributed by atoms with Gasteiger partial charge in [0, 0.05) is 22.7 Å². The van der Waals surface area contributed by atoms with Gasteiger partial charge in [-0.2, -0.15) is 0 Å². The minimum absolute atomic E-state index is 0. The van der Waals surface area contributed by atoms with Crippen molar-refractivity contribution in [2.75, 3.05) is 6.26 Å². The van der Waals surface area contributed by atoms with E-state index in [1.54, 1.807) is 0 Å². The molecular formula is C9H7BrClKO4S. The quantitative estimate of drug-likeness (QED) is 0.459. The van der Waals surface area contributed by atoms with Gasteiger partial charge in [-0.15, -0.1) is 0 Å². The molecule has 0 atom stereocenters. The molecule has 0 bridgehead atoms. The van der Waals surface area contributed by atoms with Crippen molar-refractivity contribution in [2.45, 2.75) is 10.2 Å². The van der Waals surface area contributed by atoms with E-state index in [4.69, 9.17) is 11.6 Å². The van der Waals surface area contributed by atoms with E-state index >= 15 is 0 Å². The van der Waals surface area contributed by atoms with Crippen LogP contribution in [-0.4, -0.2) is 20.6 Å². The zero-order chi connectivity index (χ0) is 12.5. The summed E-state index contributed by atoms with van der Waals surface area (Å²) in [5.41, 5.74) is 0.00869. The Labute approximate surface area is 155 Å². The number of carboxylic acids is 1. The smallest absolute Gasteiger partial charge is 0.545 e. The molecule has 0 aliphatic carbocycles. The second-order valence-electron chi connectivity index (χ2n) is 3.10. The van der Waals surface area contributed by atoms with Crippen molar-refractivity contribution >= 4 is 43.3 Å². The van der Waals surface area contributed by atoms with E-state index in [1.807, 2.05) is 0 Å². The first-order chi connectivity index (χ1) is 7.29. The van der Waals surface area contributed by atoms with Crippen LogP contribution >= 0.6 is 27.5 Å². The zero-order valence-electron chi connectivity index (χ0n) is 9.16. The van der Waals surface area contributed by atoms with Gasteiger partial charge in [0.2, 0.25) is 0 Å². The normalized spacial score (nSPS) is 10.8. The maximum absolute atomic E-state index is 11.4. The van der Waals surface area contributed by atoms with Crippen molar-refractivity contribution in [3.05, 3.63) is 28.3 Å². The Morgan fingerprint density at radius 1 is 1.47 bits per heavy atom. The molecule has 88 valence electrons. The summed E-state index contributed by atoms with van der Waals surface area (Å²) < 4.78 is 22.8. The van der Waals surface area contributed by atoms with Crippen LogP contribution < -0.4 is 56.5 Å². The molecule has 0 aliphatic heterocycles. The van der Waals surface area contributed by atoms with Gasteiger partial charge in [-0.25, -0.2) is 8.42 Å². The van der Waals surface area contributed by atoms with Crippen molar-refractivity contribution in [2.24, 2.45) is 0 Å². The molecule has 0 N–H and O–H groups in total. The molecule has 1 rings (SSSR count). The number of carbonyl (C=O) groups excluding carboxylic acids is 1. The predicted octanol–water partition coefficient (Wildman–Crippen LogP) is -1.99. The maximum Gasteiger partial charge on any atom is 1.00 e. The number of sulfone groups is 1. The van der Waals surface area contributed by atoms with Gasteiger partial charge in [0.1, 0.15) is 0 Å². The van der Waals surface area contributed by atoms with E-state index in [1.165, 1.54) is 6.07 Å². The van der Waals surface area contributed by atoms with Crippen molar-refractivity contribution in [1.82, 2.24) is 0 Å². The number of carboxylic acid groups (broad SMARTS) is 1. The summed E-state index contributed by atoms with van der Waals surface area (Å²) in [4.78, 5) is 10.7. The molecule has 0 aliphatic rings. The van der Waals surface area contributed by atoms with E-state index in [-0.39, 0.29) is 77.8 Å². The van der Waals surface area contributed by atoms with Crippen LogP contribution in [0.4, 0.5) is 0 Å². The zero-order valence-corrected chi connectivity index (χ0v) is 15.4. The Morgan fingerprint density at radius 3 is 2.35 bits per heavy atom. The summed E-state index contributed by atoms with van der Waals surface area (Å²) in [5.74, 6) is -1.44. The molecule has 0 heterocycles. The number of alkyl halides is 1. The molecule has 8 heteroatoms. The average Bonchev–Trinajstić information content (AvgIpc) is 2.15. The van der Waals surface area contributed by atoms with Gasteiger partial charge in [-0.05, 0) is 6.07 Å². The molecular weight excluding hydrogens is 359 g/mol. The second kappa shape index (κ2) is 7.00. The first kappa shape index (κ1) is 18.0. The molecule has 1 aromatic carbocycles. The fraction of sp³-hybridized carbons (Fsp3) is 0.222. The van der Waals surface area contributed by atoms with E-state index in [0.717, 1.165) is 12.3 Å². The van der Waals surface area contributed by atoms with E-state index in [2.05, 4.69) is 15.9 Å². The molecule has 0 amide bonds. The van der Waals surface area contributed by atoms with Gasteiger partial charge in [0.15, 0.2) is 9.84 Å². The van der Waals surface area contributed by atoms with Crippen LogP contribution in [0.1, 0.15) is 15.9 Å². The van der Waals surface area contributed by atoms with Crippen LogP contribution in [-0.2, 0) is 15.2 Å². The fourth-order valence-corrected chi connectivity index (χ4v) is 3.46. The first-order valence-electron chi connectivity index (χ1n) is 4.07. The van der Waals surface area contributed by atoms with E-state index < -0.39 is 15.8 Å². The summed E-state index contributed by atoms with van der Waals surface area (Å²) in [6, 6.07) is 2.34. The summed E-state index contributed by atoms with van der Waals surface area (Å²) >= 11 is 8.87. The number of carbonyl (C=O) groups is 1. The molecule has 0 spiro atoms. The number of rotatable bonds is 3. The molecule has 0 unspecified atom stereocenters. The fourth-order valence-electron chi connectivity index (χ4n) is 1.23. The molecule has 0 saturated carbocycles. The Hall–Kier alpha value is 1.05. The minimum Gasteiger partial charge on any atom is -0.545 e. The molecule has 4 nitrogen and oxygen atoms in total. The summed E-state index contributed by atoms with van der Waals surface area (Å²) in [6.45, 7) is 0. The van der Waals surface area contributed by atoms with Crippen LogP contribution in [0.25, 0.3) is 0 Å². The van der Waals surface area contributed by atoms with Gasteiger partial charge in [-0.1, -0.05) is 33.6 Å². The van der Waals surface area contributed by atoms with Crippen molar-refractivity contribution < 1.29 is 69.7 Å². The molecule has 1 aromatic rings. The Balaban J connectivity index is 0.00000256. The summed E-state index contributed by atoms with van der Waals surface area (Å²) in [7, 11) is -3.44. The summed E-state index contributed by atoms with van der Waals surface area (Å²) in [5, 5.41) is 10.7.